The first-order chi connectivity index (χ1) is 12.1. The van der Waals surface area contributed by atoms with Crippen molar-refractivity contribution in [1.82, 2.24) is 0 Å². The van der Waals surface area contributed by atoms with Gasteiger partial charge in [0.1, 0.15) is 0 Å². The van der Waals surface area contributed by atoms with Crippen LogP contribution in [-0.4, -0.2) is 19.0 Å². The summed E-state index contributed by atoms with van der Waals surface area (Å²) in [7, 11) is 1.44. The van der Waals surface area contributed by atoms with Crippen LogP contribution in [0.2, 0.25) is 0 Å². The van der Waals surface area contributed by atoms with E-state index in [2.05, 4.69) is 54.2 Å². The molecule has 4 nitrogen and oxygen atoms in total. The number of hydrogen-bond donors (Lipinski definition) is 1. The van der Waals surface area contributed by atoms with Crippen molar-refractivity contribution in [3.05, 3.63) is 27.7 Å². The number of amides is 1. The van der Waals surface area contributed by atoms with E-state index in [1.807, 2.05) is 6.92 Å². The molecule has 26 heavy (non-hydrogen) atoms. The van der Waals surface area contributed by atoms with E-state index in [1.165, 1.54) is 12.7 Å². The number of hydrogen-bond acceptors (Lipinski definition) is 3. The second-order valence-electron chi connectivity index (χ2n) is 8.56. The fourth-order valence-corrected chi connectivity index (χ4v) is 5.92. The van der Waals surface area contributed by atoms with E-state index in [0.717, 1.165) is 35.0 Å². The monoisotopic (exact) mass is 421 g/mol. The molecule has 5 heteroatoms. The first-order valence-corrected chi connectivity index (χ1v) is 10.1. The molecule has 1 aromatic rings. The van der Waals surface area contributed by atoms with Crippen LogP contribution in [0.25, 0.3) is 0 Å². The number of benzene rings is 1. The summed E-state index contributed by atoms with van der Waals surface area (Å²) in [5.74, 6) is 0.0379. The quantitative estimate of drug-likeness (QED) is 0.671. The van der Waals surface area contributed by atoms with Crippen molar-refractivity contribution in [3.63, 3.8) is 0 Å². The second kappa shape index (κ2) is 6.66. The van der Waals surface area contributed by atoms with Crippen molar-refractivity contribution in [3.8, 4) is 0 Å². The summed E-state index contributed by atoms with van der Waals surface area (Å²) < 4.78 is 6.21. The number of fused-ring (bicyclic) bond motifs is 3. The first-order valence-electron chi connectivity index (χ1n) is 9.35. The van der Waals surface area contributed by atoms with Crippen LogP contribution in [-0.2, 0) is 19.7 Å². The number of carbonyl (C=O) groups is 2. The smallest absolute Gasteiger partial charge is 0.311 e. The zero-order valence-electron chi connectivity index (χ0n) is 16.2. The van der Waals surface area contributed by atoms with E-state index in [-0.39, 0.29) is 23.2 Å². The van der Waals surface area contributed by atoms with Gasteiger partial charge in [-0.2, -0.15) is 0 Å². The van der Waals surface area contributed by atoms with Gasteiger partial charge in [-0.15, -0.1) is 0 Å². The highest BCUT2D eigenvalue weighted by atomic mass is 79.9. The van der Waals surface area contributed by atoms with Crippen molar-refractivity contribution in [1.29, 1.82) is 0 Å². The van der Waals surface area contributed by atoms with E-state index in [9.17, 15) is 9.59 Å². The van der Waals surface area contributed by atoms with Crippen LogP contribution in [0.3, 0.4) is 0 Å². The lowest BCUT2D eigenvalue weighted by atomic mass is 9.53. The zero-order valence-corrected chi connectivity index (χ0v) is 17.8. The molecule has 1 amide bonds. The van der Waals surface area contributed by atoms with Gasteiger partial charge in [-0.1, -0.05) is 43.1 Å². The highest BCUT2D eigenvalue weighted by molar-refractivity contribution is 9.10. The molecule has 3 unspecified atom stereocenters. The summed E-state index contributed by atoms with van der Waals surface area (Å²) >= 11 is 3.72. The molecule has 142 valence electrons. The van der Waals surface area contributed by atoms with Gasteiger partial charge in [-0.05, 0) is 60.3 Å². The Balaban J connectivity index is 2.21. The molecule has 1 aliphatic carbocycles. The molecule has 0 saturated heterocycles. The highest BCUT2D eigenvalue weighted by Gasteiger charge is 2.56. The summed E-state index contributed by atoms with van der Waals surface area (Å²) in [6.45, 7) is 8.46. The first kappa shape index (κ1) is 19.4. The topological polar surface area (TPSA) is 55.4 Å². The number of ether oxygens (including phenoxy) is 1. The zero-order chi connectivity index (χ0) is 19.3. The molecule has 0 aromatic heterocycles. The number of halogens is 1. The van der Waals surface area contributed by atoms with Gasteiger partial charge in [0.2, 0.25) is 5.91 Å². The molecule has 1 aliphatic heterocycles. The summed E-state index contributed by atoms with van der Waals surface area (Å²) in [5, 5.41) is 3.11. The lowest BCUT2D eigenvalue weighted by Gasteiger charge is -2.50. The van der Waals surface area contributed by atoms with Crippen LogP contribution in [0.4, 0.5) is 5.69 Å². The Morgan fingerprint density at radius 1 is 1.31 bits per heavy atom. The van der Waals surface area contributed by atoms with Gasteiger partial charge in [-0.25, -0.2) is 0 Å². The summed E-state index contributed by atoms with van der Waals surface area (Å²) in [6, 6.07) is 4.26. The number of nitrogens with one attached hydrogen (secondary N) is 1. The van der Waals surface area contributed by atoms with Crippen LogP contribution >= 0.6 is 15.9 Å². The SMILES string of the molecule is COC(=O)C1(C)CCCC2(C)c3cc(Br)c(C(C)C)cc3NC(=O)CC12. The third-order valence-electron chi connectivity index (χ3n) is 6.62. The number of anilines is 1. The summed E-state index contributed by atoms with van der Waals surface area (Å²) in [5.41, 5.74) is 2.29. The molecule has 1 saturated carbocycles. The maximum atomic E-state index is 12.7. The molecule has 2 aliphatic rings. The maximum Gasteiger partial charge on any atom is 0.311 e. The van der Waals surface area contributed by atoms with Gasteiger partial charge >= 0.3 is 5.97 Å². The highest BCUT2D eigenvalue weighted by Crippen LogP contribution is 2.57. The van der Waals surface area contributed by atoms with Crippen molar-refractivity contribution in [2.45, 2.75) is 64.7 Å². The van der Waals surface area contributed by atoms with E-state index >= 15 is 0 Å². The molecule has 0 spiro atoms. The molecule has 0 bridgehead atoms. The summed E-state index contributed by atoms with van der Waals surface area (Å²) in [6.07, 6.45) is 2.99. The molecule has 3 atom stereocenters. The van der Waals surface area contributed by atoms with Crippen LogP contribution in [0, 0.1) is 11.3 Å². The average molecular weight is 422 g/mol. The Hall–Kier alpha value is -1.36. The Kier molecular flexibility index (Phi) is 4.97. The van der Waals surface area contributed by atoms with Crippen LogP contribution in [0.15, 0.2) is 16.6 Å². The van der Waals surface area contributed by atoms with E-state index in [4.69, 9.17) is 4.74 Å². The van der Waals surface area contributed by atoms with Crippen molar-refractivity contribution >= 4 is 33.5 Å². The van der Waals surface area contributed by atoms with E-state index in [0.29, 0.717) is 12.3 Å². The molecule has 1 N–H and O–H groups in total. The summed E-state index contributed by atoms with van der Waals surface area (Å²) in [4.78, 5) is 25.4. The number of rotatable bonds is 2. The van der Waals surface area contributed by atoms with Gasteiger partial charge in [0.05, 0.1) is 12.5 Å². The minimum absolute atomic E-state index is 0.0194. The standard InChI is InChI=1S/C21H28BrNO3/c1-12(2)13-9-16-14(10-15(13)22)20(3)7-6-8-21(4,19(25)26-5)17(20)11-18(24)23-16/h9-10,12,17H,6-8,11H2,1-5H3,(H,23,24). The van der Waals surface area contributed by atoms with Crippen molar-refractivity contribution < 1.29 is 14.3 Å². The Bertz CT molecular complexity index is 760. The van der Waals surface area contributed by atoms with Crippen molar-refractivity contribution in [2.24, 2.45) is 11.3 Å². The average Bonchev–Trinajstić information content (AvgIpc) is 2.68. The number of esters is 1. The van der Waals surface area contributed by atoms with E-state index in [1.54, 1.807) is 0 Å². The fraction of sp³-hybridized carbons (Fsp3) is 0.619. The lowest BCUT2D eigenvalue weighted by molar-refractivity contribution is -0.161. The van der Waals surface area contributed by atoms with Crippen molar-refractivity contribution in [2.75, 3.05) is 12.4 Å². The molecule has 3 rings (SSSR count). The van der Waals surface area contributed by atoms with Gasteiger partial charge in [0.15, 0.2) is 0 Å². The number of methoxy groups -OCH3 is 1. The molecule has 1 fully saturated rings. The Morgan fingerprint density at radius 2 is 2.00 bits per heavy atom. The van der Waals surface area contributed by atoms with Gasteiger partial charge < -0.3 is 10.1 Å². The van der Waals surface area contributed by atoms with Gasteiger partial charge in [0, 0.05) is 16.6 Å². The molecule has 1 heterocycles. The molecule has 0 radical (unpaired) electrons. The molecular formula is C21H28BrNO3. The third kappa shape index (κ3) is 2.88. The third-order valence-corrected chi connectivity index (χ3v) is 7.31. The normalized spacial score (nSPS) is 30.9. The maximum absolute atomic E-state index is 12.7. The Morgan fingerprint density at radius 3 is 2.62 bits per heavy atom. The minimum Gasteiger partial charge on any atom is -0.469 e. The number of carbonyl (C=O) groups excluding carboxylic acids is 2. The van der Waals surface area contributed by atoms with Crippen LogP contribution in [0.5, 0.6) is 0 Å². The van der Waals surface area contributed by atoms with E-state index < -0.39 is 5.41 Å². The largest absolute Gasteiger partial charge is 0.469 e. The molecular weight excluding hydrogens is 394 g/mol. The fourth-order valence-electron chi connectivity index (χ4n) is 5.12. The van der Waals surface area contributed by atoms with Gasteiger partial charge in [-0.3, -0.25) is 9.59 Å². The lowest BCUT2D eigenvalue weighted by Crippen LogP contribution is -2.50. The minimum atomic E-state index is -0.649. The Labute approximate surface area is 164 Å². The molecule has 1 aromatic carbocycles. The van der Waals surface area contributed by atoms with Crippen LogP contribution in [0.1, 0.15) is 70.4 Å². The second-order valence-corrected chi connectivity index (χ2v) is 9.41. The van der Waals surface area contributed by atoms with Gasteiger partial charge in [0.25, 0.3) is 0 Å². The van der Waals surface area contributed by atoms with Crippen LogP contribution < -0.4 is 5.32 Å². The predicted octanol–water partition coefficient (Wildman–Crippen LogP) is 5.15. The predicted molar refractivity (Wildman–Crippen MR) is 106 cm³/mol.